The number of nitrogens with zero attached hydrogens (tertiary/aromatic N) is 2. The van der Waals surface area contributed by atoms with E-state index >= 15 is 0 Å². The lowest BCUT2D eigenvalue weighted by Crippen LogP contribution is -2.59. The first-order valence-corrected chi connectivity index (χ1v) is 9.57. The molecule has 1 aliphatic rings. The smallest absolute Gasteiger partial charge is 0.295 e. The Morgan fingerprint density at radius 2 is 1.83 bits per heavy atom. The van der Waals surface area contributed by atoms with Gasteiger partial charge in [0.25, 0.3) is 17.6 Å². The molecule has 2 aromatic carbocycles. The van der Waals surface area contributed by atoms with Gasteiger partial charge in [-0.3, -0.25) is 14.4 Å². The summed E-state index contributed by atoms with van der Waals surface area (Å²) in [4.78, 5) is 44.0. The highest BCUT2D eigenvalue weighted by atomic mass is 19.1. The molecule has 1 fully saturated rings. The molecule has 1 saturated heterocycles. The number of ketones is 1. The van der Waals surface area contributed by atoms with Gasteiger partial charge in [0.1, 0.15) is 5.82 Å². The van der Waals surface area contributed by atoms with Crippen LogP contribution in [-0.2, 0) is 4.79 Å². The summed E-state index contributed by atoms with van der Waals surface area (Å²) in [6, 6.07) is 12.3. The van der Waals surface area contributed by atoms with Gasteiger partial charge in [0, 0.05) is 42.3 Å². The summed E-state index contributed by atoms with van der Waals surface area (Å²) in [7, 11) is 0. The lowest BCUT2D eigenvalue weighted by molar-refractivity contribution is -0.131. The van der Waals surface area contributed by atoms with Crippen LogP contribution in [0.15, 0.2) is 54.7 Å². The summed E-state index contributed by atoms with van der Waals surface area (Å²) >= 11 is 0. The Morgan fingerprint density at radius 1 is 1.07 bits per heavy atom. The molecule has 0 unspecified atom stereocenters. The molecule has 2 N–H and O–H groups in total. The topological polar surface area (TPSA) is 93.7 Å². The van der Waals surface area contributed by atoms with Gasteiger partial charge in [0.05, 0.1) is 18.2 Å². The molecule has 1 aliphatic heterocycles. The van der Waals surface area contributed by atoms with E-state index in [-0.39, 0.29) is 36.5 Å². The molecule has 0 aliphatic carbocycles. The molecular formula is C22H20FN3O4. The molecular weight excluding hydrogens is 389 g/mol. The van der Waals surface area contributed by atoms with Crippen LogP contribution in [0.2, 0.25) is 0 Å². The number of aliphatic hydroxyl groups is 1. The fraction of sp³-hybridized carbons (Fsp3) is 0.227. The third-order valence-electron chi connectivity index (χ3n) is 5.36. The second-order valence-electron chi connectivity index (χ2n) is 7.15. The predicted molar refractivity (Wildman–Crippen MR) is 108 cm³/mol. The molecule has 0 radical (unpaired) electrons. The van der Waals surface area contributed by atoms with Gasteiger partial charge < -0.3 is 19.9 Å². The molecule has 1 atom stereocenters. The summed E-state index contributed by atoms with van der Waals surface area (Å²) in [5.74, 6) is -2.48. The van der Waals surface area contributed by atoms with Gasteiger partial charge in [-0.2, -0.15) is 0 Å². The van der Waals surface area contributed by atoms with Crippen LogP contribution >= 0.6 is 0 Å². The second kappa shape index (κ2) is 8.08. The lowest BCUT2D eigenvalue weighted by atomic mass is 10.1. The Balaban J connectivity index is 1.53. The van der Waals surface area contributed by atoms with E-state index in [9.17, 15) is 23.9 Å². The van der Waals surface area contributed by atoms with Crippen molar-refractivity contribution in [2.24, 2.45) is 0 Å². The van der Waals surface area contributed by atoms with Crippen molar-refractivity contribution in [3.63, 3.8) is 0 Å². The van der Waals surface area contributed by atoms with Crippen LogP contribution in [0.5, 0.6) is 0 Å². The average Bonchev–Trinajstić information content (AvgIpc) is 3.23. The highest BCUT2D eigenvalue weighted by molar-refractivity contribution is 6.45. The molecule has 8 heteroatoms. The van der Waals surface area contributed by atoms with Crippen molar-refractivity contribution in [2.75, 3.05) is 26.2 Å². The fourth-order valence-corrected chi connectivity index (χ4v) is 3.79. The van der Waals surface area contributed by atoms with Gasteiger partial charge >= 0.3 is 0 Å². The van der Waals surface area contributed by atoms with Crippen molar-refractivity contribution in [1.29, 1.82) is 0 Å². The Morgan fingerprint density at radius 3 is 2.57 bits per heavy atom. The van der Waals surface area contributed by atoms with Gasteiger partial charge in [-0.1, -0.05) is 24.3 Å². The SMILES string of the molecule is O=C(C(=O)N1CCN(C(=O)c2ccccc2)C[C@@H]1CO)c1c[nH]c2cccc(F)c12. The van der Waals surface area contributed by atoms with Crippen LogP contribution < -0.4 is 0 Å². The van der Waals surface area contributed by atoms with Crippen molar-refractivity contribution in [3.8, 4) is 0 Å². The number of hydrogen-bond donors (Lipinski definition) is 2. The number of hydrogen-bond acceptors (Lipinski definition) is 4. The molecule has 4 rings (SSSR count). The first kappa shape index (κ1) is 19.8. The van der Waals surface area contributed by atoms with Gasteiger partial charge in [-0.25, -0.2) is 4.39 Å². The number of piperazine rings is 1. The van der Waals surface area contributed by atoms with Crippen LogP contribution in [0, 0.1) is 5.82 Å². The quantitative estimate of drug-likeness (QED) is 0.508. The third kappa shape index (κ3) is 3.46. The minimum absolute atomic E-state index is 0.0485. The molecule has 1 aromatic heterocycles. The van der Waals surface area contributed by atoms with Crippen molar-refractivity contribution in [2.45, 2.75) is 6.04 Å². The minimum Gasteiger partial charge on any atom is -0.394 e. The van der Waals surface area contributed by atoms with Crippen LogP contribution in [0.3, 0.4) is 0 Å². The van der Waals surface area contributed by atoms with E-state index in [2.05, 4.69) is 4.98 Å². The molecule has 0 saturated carbocycles. The van der Waals surface area contributed by atoms with Crippen molar-refractivity contribution >= 4 is 28.5 Å². The van der Waals surface area contributed by atoms with Crippen molar-refractivity contribution in [1.82, 2.24) is 14.8 Å². The Kier molecular flexibility index (Phi) is 5.33. The Bertz CT molecular complexity index is 1110. The van der Waals surface area contributed by atoms with E-state index in [0.29, 0.717) is 11.1 Å². The third-order valence-corrected chi connectivity index (χ3v) is 5.36. The predicted octanol–water partition coefficient (Wildman–Crippen LogP) is 1.84. The maximum Gasteiger partial charge on any atom is 0.295 e. The number of aliphatic hydroxyl groups excluding tert-OH is 1. The number of fused-ring (bicyclic) bond motifs is 1. The van der Waals surface area contributed by atoms with E-state index in [1.807, 2.05) is 6.07 Å². The molecule has 3 aromatic rings. The first-order chi connectivity index (χ1) is 14.5. The van der Waals surface area contributed by atoms with Gasteiger partial charge in [0.15, 0.2) is 0 Å². The molecule has 0 spiro atoms. The summed E-state index contributed by atoms with van der Waals surface area (Å²) in [6.45, 7) is 0.0238. The molecule has 154 valence electrons. The van der Waals surface area contributed by atoms with E-state index in [4.69, 9.17) is 0 Å². The molecule has 7 nitrogen and oxygen atoms in total. The fourth-order valence-electron chi connectivity index (χ4n) is 3.79. The molecule has 0 bridgehead atoms. The Labute approximate surface area is 171 Å². The van der Waals surface area contributed by atoms with E-state index in [1.54, 1.807) is 35.2 Å². The molecule has 2 heterocycles. The molecule has 30 heavy (non-hydrogen) atoms. The zero-order valence-electron chi connectivity index (χ0n) is 16.0. The van der Waals surface area contributed by atoms with Crippen molar-refractivity contribution < 1.29 is 23.9 Å². The maximum atomic E-state index is 14.2. The standard InChI is InChI=1S/C22H20FN3O4/c23-17-7-4-8-18-19(17)16(11-24-18)20(28)22(30)26-10-9-25(12-15(26)13-27)21(29)14-5-2-1-3-6-14/h1-8,11,15,24,27H,9-10,12-13H2/t15-/m1/s1. The average molecular weight is 409 g/mol. The van der Waals surface area contributed by atoms with Crippen LogP contribution in [0.4, 0.5) is 4.39 Å². The van der Waals surface area contributed by atoms with Gasteiger partial charge in [0.2, 0.25) is 0 Å². The largest absolute Gasteiger partial charge is 0.394 e. The number of Topliss-reactive ketones (excluding diaryl/α,β-unsaturated/α-hetero) is 1. The monoisotopic (exact) mass is 409 g/mol. The highest BCUT2D eigenvalue weighted by Gasteiger charge is 2.36. The number of aromatic amines is 1. The van der Waals surface area contributed by atoms with E-state index < -0.39 is 30.2 Å². The normalized spacial score (nSPS) is 16.7. The zero-order chi connectivity index (χ0) is 21.3. The zero-order valence-corrected chi connectivity index (χ0v) is 16.0. The number of carbonyl (C=O) groups excluding carboxylic acids is 3. The van der Waals surface area contributed by atoms with Gasteiger partial charge in [-0.05, 0) is 24.3 Å². The number of amides is 2. The second-order valence-corrected chi connectivity index (χ2v) is 7.15. The number of carbonyl (C=O) groups is 3. The summed E-state index contributed by atoms with van der Waals surface area (Å²) < 4.78 is 14.2. The van der Waals surface area contributed by atoms with E-state index in [1.165, 1.54) is 23.2 Å². The summed E-state index contributed by atoms with van der Waals surface area (Å²) in [5, 5.41) is 9.86. The number of halogens is 1. The van der Waals surface area contributed by atoms with E-state index in [0.717, 1.165) is 0 Å². The van der Waals surface area contributed by atoms with Crippen molar-refractivity contribution in [3.05, 3.63) is 71.7 Å². The molecule has 2 amide bonds. The lowest BCUT2D eigenvalue weighted by Gasteiger charge is -2.40. The highest BCUT2D eigenvalue weighted by Crippen LogP contribution is 2.23. The number of rotatable bonds is 4. The number of benzene rings is 2. The van der Waals surface area contributed by atoms with Gasteiger partial charge in [-0.15, -0.1) is 0 Å². The minimum atomic E-state index is -0.854. The van der Waals surface area contributed by atoms with Crippen LogP contribution in [0.1, 0.15) is 20.7 Å². The number of nitrogens with one attached hydrogen (secondary N) is 1. The van der Waals surface area contributed by atoms with Crippen LogP contribution in [0.25, 0.3) is 10.9 Å². The first-order valence-electron chi connectivity index (χ1n) is 9.57. The summed E-state index contributed by atoms with van der Waals surface area (Å²) in [6.07, 6.45) is 1.32. The Hall–Kier alpha value is -3.52. The summed E-state index contributed by atoms with van der Waals surface area (Å²) in [5.41, 5.74) is 0.884. The number of aromatic nitrogens is 1. The maximum absolute atomic E-state index is 14.2. The van der Waals surface area contributed by atoms with Crippen LogP contribution in [-0.4, -0.2) is 69.8 Å². The number of H-pyrrole nitrogens is 1.